The molecule has 2 N–H and O–H groups in total. The van der Waals surface area contributed by atoms with Crippen LogP contribution in [0, 0.1) is 0 Å². The largest absolute Gasteiger partial charge is 0.482 e. The van der Waals surface area contributed by atoms with Gasteiger partial charge in [-0.2, -0.15) is 0 Å². The Bertz CT molecular complexity index is 861. The van der Waals surface area contributed by atoms with Gasteiger partial charge in [-0.3, -0.25) is 0 Å². The molecule has 0 aromatic heterocycles. The van der Waals surface area contributed by atoms with Crippen LogP contribution in [0.15, 0.2) is 53.9 Å². The van der Waals surface area contributed by atoms with Gasteiger partial charge in [0, 0.05) is 17.0 Å². The number of ether oxygens (including phenoxy) is 1. The van der Waals surface area contributed by atoms with E-state index in [0.29, 0.717) is 17.2 Å². The molecule has 0 spiro atoms. The van der Waals surface area contributed by atoms with Gasteiger partial charge in [0.05, 0.1) is 0 Å². The van der Waals surface area contributed by atoms with Crippen LogP contribution in [0.1, 0.15) is 11.1 Å². The Balaban J connectivity index is 1.82. The third kappa shape index (κ3) is 7.26. The quantitative estimate of drug-likeness (QED) is 0.681. The van der Waals surface area contributed by atoms with E-state index >= 15 is 0 Å². The van der Waals surface area contributed by atoms with Gasteiger partial charge in [-0.05, 0) is 47.9 Å². The molecule has 6 nitrogen and oxygen atoms in total. The first-order valence-electron chi connectivity index (χ1n) is 7.71. The van der Waals surface area contributed by atoms with E-state index in [1.165, 1.54) is 6.08 Å². The number of benzene rings is 2. The molecule has 26 heavy (non-hydrogen) atoms. The summed E-state index contributed by atoms with van der Waals surface area (Å²) in [5.41, 5.74) is 1.63. The Morgan fingerprint density at radius 2 is 1.77 bits per heavy atom. The van der Waals surface area contributed by atoms with E-state index in [1.807, 2.05) is 0 Å². The highest BCUT2D eigenvalue weighted by Gasteiger charge is 2.05. The van der Waals surface area contributed by atoms with Gasteiger partial charge in [0.1, 0.15) is 5.75 Å². The first-order valence-corrected chi connectivity index (χ1v) is 9.63. The molecule has 0 aliphatic heterocycles. The smallest absolute Gasteiger partial charge is 0.341 e. The summed E-state index contributed by atoms with van der Waals surface area (Å²) in [7, 11) is -3.54. The van der Waals surface area contributed by atoms with Crippen LogP contribution in [0.2, 0.25) is 5.02 Å². The molecule has 0 amide bonds. The molecule has 0 saturated carbocycles. The summed E-state index contributed by atoms with van der Waals surface area (Å²) in [6, 6.07) is 13.6. The number of carboxylic acid groups (broad SMARTS) is 1. The molecule has 8 heteroatoms. The Kier molecular flexibility index (Phi) is 7.20. The lowest BCUT2D eigenvalue weighted by molar-refractivity contribution is -0.139. The predicted molar refractivity (Wildman–Crippen MR) is 101 cm³/mol. The van der Waals surface area contributed by atoms with E-state index in [0.717, 1.165) is 16.5 Å². The maximum Gasteiger partial charge on any atom is 0.341 e. The number of rotatable bonds is 9. The molecule has 0 saturated heterocycles. The fourth-order valence-corrected chi connectivity index (χ4v) is 2.97. The molecule has 0 unspecified atom stereocenters. The summed E-state index contributed by atoms with van der Waals surface area (Å²) < 4.78 is 31.5. The van der Waals surface area contributed by atoms with E-state index in [4.69, 9.17) is 21.4 Å². The van der Waals surface area contributed by atoms with Crippen molar-refractivity contribution in [3.63, 3.8) is 0 Å². The maximum absolute atomic E-state index is 12.0. The van der Waals surface area contributed by atoms with Crippen molar-refractivity contribution in [1.29, 1.82) is 0 Å². The normalized spacial score (nSPS) is 11.6. The highest BCUT2D eigenvalue weighted by atomic mass is 35.5. The van der Waals surface area contributed by atoms with E-state index in [1.54, 1.807) is 48.5 Å². The summed E-state index contributed by atoms with van der Waals surface area (Å²) in [4.78, 5) is 10.4. The average molecular weight is 396 g/mol. The zero-order valence-electron chi connectivity index (χ0n) is 13.8. The highest BCUT2D eigenvalue weighted by molar-refractivity contribution is 7.92. The second kappa shape index (κ2) is 9.38. The fourth-order valence-electron chi connectivity index (χ4n) is 2.03. The lowest BCUT2D eigenvalue weighted by Crippen LogP contribution is -2.23. The van der Waals surface area contributed by atoms with Gasteiger partial charge in [0.2, 0.25) is 10.0 Å². The van der Waals surface area contributed by atoms with Crippen LogP contribution < -0.4 is 9.46 Å². The van der Waals surface area contributed by atoms with Crippen molar-refractivity contribution in [2.75, 3.05) is 13.2 Å². The number of carboxylic acids is 1. The van der Waals surface area contributed by atoms with Gasteiger partial charge in [0.15, 0.2) is 6.61 Å². The van der Waals surface area contributed by atoms with E-state index in [-0.39, 0.29) is 6.54 Å². The molecule has 2 aromatic rings. The summed E-state index contributed by atoms with van der Waals surface area (Å²) >= 11 is 5.78. The third-order valence-electron chi connectivity index (χ3n) is 3.31. The Morgan fingerprint density at radius 1 is 1.12 bits per heavy atom. The van der Waals surface area contributed by atoms with Crippen molar-refractivity contribution >= 4 is 33.7 Å². The number of hydrogen-bond donors (Lipinski definition) is 2. The minimum absolute atomic E-state index is 0.239. The first-order chi connectivity index (χ1) is 12.3. The van der Waals surface area contributed by atoms with Crippen LogP contribution >= 0.6 is 11.6 Å². The Hall–Kier alpha value is -2.35. The zero-order chi connectivity index (χ0) is 19.0. The summed E-state index contributed by atoms with van der Waals surface area (Å²) in [6.45, 7) is -0.165. The van der Waals surface area contributed by atoms with E-state index < -0.39 is 22.6 Å². The number of carbonyl (C=O) groups is 1. The van der Waals surface area contributed by atoms with Crippen LogP contribution in [0.25, 0.3) is 6.08 Å². The van der Waals surface area contributed by atoms with Crippen LogP contribution in [-0.2, 0) is 21.2 Å². The number of nitrogens with one attached hydrogen (secondary N) is 1. The molecule has 0 radical (unpaired) electrons. The minimum atomic E-state index is -3.54. The van der Waals surface area contributed by atoms with Crippen LogP contribution in [0.5, 0.6) is 5.75 Å². The summed E-state index contributed by atoms with van der Waals surface area (Å²) in [5.74, 6) is -0.599. The second-order valence-corrected chi connectivity index (χ2v) is 7.46. The van der Waals surface area contributed by atoms with Gasteiger partial charge < -0.3 is 9.84 Å². The molecule has 0 heterocycles. The summed E-state index contributed by atoms with van der Waals surface area (Å²) in [6.07, 6.45) is 1.99. The topological polar surface area (TPSA) is 92.7 Å². The molecular formula is C18H18ClNO5S. The van der Waals surface area contributed by atoms with Crippen LogP contribution in [0.3, 0.4) is 0 Å². The first kappa shape index (κ1) is 20.0. The molecule has 2 aromatic carbocycles. The number of aliphatic carboxylic acids is 1. The molecule has 0 fully saturated rings. The molecule has 0 bridgehead atoms. The highest BCUT2D eigenvalue weighted by Crippen LogP contribution is 2.13. The molecular weight excluding hydrogens is 378 g/mol. The van der Waals surface area contributed by atoms with Crippen LogP contribution in [0.4, 0.5) is 0 Å². The van der Waals surface area contributed by atoms with Gasteiger partial charge >= 0.3 is 5.97 Å². The van der Waals surface area contributed by atoms with Crippen molar-refractivity contribution in [2.45, 2.75) is 6.42 Å². The Morgan fingerprint density at radius 3 is 2.38 bits per heavy atom. The lowest BCUT2D eigenvalue weighted by Gasteiger charge is -2.06. The molecule has 0 aliphatic carbocycles. The SMILES string of the molecule is O=C(O)COc1ccc(CCNS(=O)(=O)C=Cc2ccc(Cl)cc2)cc1. The number of hydrogen-bond acceptors (Lipinski definition) is 4. The van der Waals surface area contributed by atoms with Crippen molar-refractivity contribution in [2.24, 2.45) is 0 Å². The van der Waals surface area contributed by atoms with Gasteiger partial charge in [-0.15, -0.1) is 0 Å². The zero-order valence-corrected chi connectivity index (χ0v) is 15.3. The molecule has 2 rings (SSSR count). The average Bonchev–Trinajstić information content (AvgIpc) is 2.60. The third-order valence-corrected chi connectivity index (χ3v) is 4.67. The fraction of sp³-hybridized carbons (Fsp3) is 0.167. The number of halogens is 1. The molecule has 0 atom stereocenters. The van der Waals surface area contributed by atoms with Crippen LogP contribution in [-0.4, -0.2) is 32.6 Å². The molecule has 138 valence electrons. The maximum atomic E-state index is 12.0. The second-order valence-electron chi connectivity index (χ2n) is 5.37. The van der Waals surface area contributed by atoms with Gasteiger partial charge in [-0.25, -0.2) is 17.9 Å². The standard InChI is InChI=1S/C18H18ClNO5S/c19-16-5-1-15(2-6-16)10-12-26(23,24)20-11-9-14-3-7-17(8-4-14)25-13-18(21)22/h1-8,10,12,20H,9,11,13H2,(H,21,22). The van der Waals surface area contributed by atoms with Crippen molar-refractivity contribution in [3.05, 3.63) is 70.1 Å². The lowest BCUT2D eigenvalue weighted by atomic mass is 10.1. The summed E-state index contributed by atoms with van der Waals surface area (Å²) in [5, 5.41) is 10.2. The van der Waals surface area contributed by atoms with Gasteiger partial charge in [-0.1, -0.05) is 35.9 Å². The van der Waals surface area contributed by atoms with E-state index in [9.17, 15) is 13.2 Å². The minimum Gasteiger partial charge on any atom is -0.482 e. The number of sulfonamides is 1. The monoisotopic (exact) mass is 395 g/mol. The van der Waals surface area contributed by atoms with Crippen molar-refractivity contribution < 1.29 is 23.1 Å². The van der Waals surface area contributed by atoms with Gasteiger partial charge in [0.25, 0.3) is 0 Å². The Labute approximate surface area is 157 Å². The van der Waals surface area contributed by atoms with Crippen molar-refractivity contribution in [3.8, 4) is 5.75 Å². The van der Waals surface area contributed by atoms with Crippen molar-refractivity contribution in [1.82, 2.24) is 4.72 Å². The predicted octanol–water partition coefficient (Wildman–Crippen LogP) is 2.94. The molecule has 0 aliphatic rings. The van der Waals surface area contributed by atoms with E-state index in [2.05, 4.69) is 4.72 Å².